The molecule has 2 saturated carbocycles. The SMILES string of the molecule is [Cl-].[NH3+]C[C@H]1[C@@H]2CC[C@@H](C2)[C@H]1c1ccc(Cl)cc1. The first-order valence-electron chi connectivity index (χ1n) is 6.34. The van der Waals surface area contributed by atoms with Crippen molar-refractivity contribution in [1.82, 2.24) is 0 Å². The number of rotatable bonds is 2. The molecular weight excluding hydrogens is 253 g/mol. The second kappa shape index (κ2) is 5.17. The van der Waals surface area contributed by atoms with Gasteiger partial charge in [-0.2, -0.15) is 0 Å². The second-order valence-electron chi connectivity index (χ2n) is 5.36. The van der Waals surface area contributed by atoms with Gasteiger partial charge in [0.05, 0.1) is 6.54 Å². The van der Waals surface area contributed by atoms with Gasteiger partial charge in [-0.05, 0) is 54.7 Å². The number of hydrogen-bond donors (Lipinski definition) is 1. The predicted octanol–water partition coefficient (Wildman–Crippen LogP) is -0.284. The predicted molar refractivity (Wildman–Crippen MR) is 66.3 cm³/mol. The molecule has 0 aromatic heterocycles. The zero-order valence-electron chi connectivity index (χ0n) is 9.91. The molecule has 3 rings (SSSR count). The monoisotopic (exact) mass is 271 g/mol. The van der Waals surface area contributed by atoms with Crippen LogP contribution in [-0.4, -0.2) is 6.54 Å². The third-order valence-electron chi connectivity index (χ3n) is 4.68. The summed E-state index contributed by atoms with van der Waals surface area (Å²) in [5.74, 6) is 3.44. The zero-order valence-corrected chi connectivity index (χ0v) is 11.4. The van der Waals surface area contributed by atoms with Crippen molar-refractivity contribution in [1.29, 1.82) is 0 Å². The van der Waals surface area contributed by atoms with Crippen molar-refractivity contribution in [3.8, 4) is 0 Å². The van der Waals surface area contributed by atoms with Crippen molar-refractivity contribution in [3.63, 3.8) is 0 Å². The first-order chi connectivity index (χ1) is 7.79. The average molecular weight is 272 g/mol. The van der Waals surface area contributed by atoms with Crippen LogP contribution in [0.1, 0.15) is 30.7 Å². The van der Waals surface area contributed by atoms with E-state index in [0.717, 1.165) is 35.2 Å². The Hall–Kier alpha value is -0.240. The molecule has 2 aliphatic rings. The van der Waals surface area contributed by atoms with Crippen LogP contribution in [-0.2, 0) is 0 Å². The Balaban J connectivity index is 0.00000108. The van der Waals surface area contributed by atoms with Gasteiger partial charge in [0.25, 0.3) is 0 Å². The summed E-state index contributed by atoms with van der Waals surface area (Å²) in [5.41, 5.74) is 5.64. The van der Waals surface area contributed by atoms with E-state index in [2.05, 4.69) is 17.9 Å². The molecule has 94 valence electrons. The van der Waals surface area contributed by atoms with Crippen molar-refractivity contribution in [2.45, 2.75) is 25.2 Å². The summed E-state index contributed by atoms with van der Waals surface area (Å²) in [6, 6.07) is 8.50. The molecule has 3 heteroatoms. The Morgan fingerprint density at radius 1 is 1.12 bits per heavy atom. The summed E-state index contributed by atoms with van der Waals surface area (Å²) in [7, 11) is 0. The lowest BCUT2D eigenvalue weighted by molar-refractivity contribution is -0.382. The smallest absolute Gasteiger partial charge is 0.0777 e. The fourth-order valence-corrected chi connectivity index (χ4v) is 4.16. The van der Waals surface area contributed by atoms with E-state index in [9.17, 15) is 0 Å². The molecule has 1 nitrogen and oxygen atoms in total. The average Bonchev–Trinajstić information content (AvgIpc) is 2.89. The van der Waals surface area contributed by atoms with Crippen molar-refractivity contribution >= 4 is 11.6 Å². The minimum absolute atomic E-state index is 0. The van der Waals surface area contributed by atoms with E-state index in [4.69, 9.17) is 11.6 Å². The van der Waals surface area contributed by atoms with Crippen LogP contribution in [0.15, 0.2) is 24.3 Å². The van der Waals surface area contributed by atoms with Crippen LogP contribution in [0.3, 0.4) is 0 Å². The Bertz CT molecular complexity index is 376. The van der Waals surface area contributed by atoms with E-state index < -0.39 is 0 Å². The highest BCUT2D eigenvalue weighted by molar-refractivity contribution is 6.30. The van der Waals surface area contributed by atoms with Gasteiger partial charge in [0.15, 0.2) is 0 Å². The number of halogens is 2. The Morgan fingerprint density at radius 3 is 2.41 bits per heavy atom. The van der Waals surface area contributed by atoms with Gasteiger partial charge in [-0.25, -0.2) is 0 Å². The molecule has 3 N–H and O–H groups in total. The van der Waals surface area contributed by atoms with Crippen LogP contribution in [0.2, 0.25) is 5.02 Å². The van der Waals surface area contributed by atoms with Gasteiger partial charge in [-0.1, -0.05) is 23.7 Å². The highest BCUT2D eigenvalue weighted by Gasteiger charge is 2.48. The summed E-state index contributed by atoms with van der Waals surface area (Å²) in [4.78, 5) is 0. The third kappa shape index (κ3) is 2.21. The van der Waals surface area contributed by atoms with Crippen molar-refractivity contribution < 1.29 is 18.1 Å². The quantitative estimate of drug-likeness (QED) is 0.766. The molecule has 4 atom stereocenters. The summed E-state index contributed by atoms with van der Waals surface area (Å²) in [6.07, 6.45) is 4.30. The van der Waals surface area contributed by atoms with Gasteiger partial charge in [-0.15, -0.1) is 0 Å². The molecule has 0 saturated heterocycles. The van der Waals surface area contributed by atoms with E-state index in [-0.39, 0.29) is 12.4 Å². The topological polar surface area (TPSA) is 27.6 Å². The van der Waals surface area contributed by atoms with Crippen LogP contribution in [0.25, 0.3) is 0 Å². The molecule has 2 fully saturated rings. The van der Waals surface area contributed by atoms with Crippen LogP contribution in [0, 0.1) is 17.8 Å². The molecule has 0 amide bonds. The summed E-state index contributed by atoms with van der Waals surface area (Å²) < 4.78 is 0. The normalized spacial score (nSPS) is 34.7. The van der Waals surface area contributed by atoms with Crippen molar-refractivity contribution in [3.05, 3.63) is 34.9 Å². The molecule has 0 unspecified atom stereocenters. The molecular formula is C14H19Cl2N. The van der Waals surface area contributed by atoms with Gasteiger partial charge in [0.2, 0.25) is 0 Å². The van der Waals surface area contributed by atoms with E-state index in [1.54, 1.807) is 0 Å². The van der Waals surface area contributed by atoms with Crippen LogP contribution < -0.4 is 18.1 Å². The minimum Gasteiger partial charge on any atom is -1.00 e. The maximum atomic E-state index is 5.96. The van der Waals surface area contributed by atoms with E-state index in [0.29, 0.717) is 0 Å². The van der Waals surface area contributed by atoms with E-state index in [1.165, 1.54) is 24.8 Å². The van der Waals surface area contributed by atoms with Gasteiger partial charge < -0.3 is 18.1 Å². The Kier molecular flexibility index (Phi) is 4.02. The van der Waals surface area contributed by atoms with Gasteiger partial charge in [0.1, 0.15) is 0 Å². The van der Waals surface area contributed by atoms with Crippen LogP contribution in [0.4, 0.5) is 0 Å². The zero-order chi connectivity index (χ0) is 11.1. The molecule has 0 radical (unpaired) electrons. The summed E-state index contributed by atoms with van der Waals surface area (Å²) in [6.45, 7) is 1.09. The number of fused-ring (bicyclic) bond motifs is 2. The van der Waals surface area contributed by atoms with Crippen molar-refractivity contribution in [2.24, 2.45) is 17.8 Å². The maximum Gasteiger partial charge on any atom is 0.0777 e. The summed E-state index contributed by atoms with van der Waals surface area (Å²) in [5, 5.41) is 0.845. The Morgan fingerprint density at radius 2 is 1.76 bits per heavy atom. The van der Waals surface area contributed by atoms with Crippen molar-refractivity contribution in [2.75, 3.05) is 6.54 Å². The fraction of sp³-hybridized carbons (Fsp3) is 0.571. The lowest BCUT2D eigenvalue weighted by Crippen LogP contribution is -3.00. The van der Waals surface area contributed by atoms with Gasteiger partial charge in [-0.3, -0.25) is 0 Å². The first-order valence-corrected chi connectivity index (χ1v) is 6.72. The molecule has 1 aromatic carbocycles. The van der Waals surface area contributed by atoms with Crippen LogP contribution in [0.5, 0.6) is 0 Å². The molecule has 2 bridgehead atoms. The van der Waals surface area contributed by atoms with E-state index >= 15 is 0 Å². The molecule has 0 aliphatic heterocycles. The summed E-state index contributed by atoms with van der Waals surface area (Å²) >= 11 is 5.96. The lowest BCUT2D eigenvalue weighted by atomic mass is 9.75. The highest BCUT2D eigenvalue weighted by Crippen LogP contribution is 2.56. The standard InChI is InChI=1S/C14H18ClN.ClH/c15-12-5-3-9(4-6-12)14-11-2-1-10(7-11)13(14)8-16;/h3-6,10-11,13-14H,1-2,7-8,16H2;1H/t10-,11+,13+,14-;/m1./s1. The Labute approximate surface area is 114 Å². The number of quaternary nitrogens is 1. The molecule has 2 aliphatic carbocycles. The maximum absolute atomic E-state index is 5.96. The number of hydrogen-bond acceptors (Lipinski definition) is 0. The minimum atomic E-state index is 0. The lowest BCUT2D eigenvalue weighted by Gasteiger charge is -2.29. The third-order valence-corrected chi connectivity index (χ3v) is 4.93. The molecule has 17 heavy (non-hydrogen) atoms. The van der Waals surface area contributed by atoms with Gasteiger partial charge in [0, 0.05) is 10.9 Å². The fourth-order valence-electron chi connectivity index (χ4n) is 4.03. The van der Waals surface area contributed by atoms with E-state index in [1.807, 2.05) is 12.1 Å². The number of benzene rings is 1. The second-order valence-corrected chi connectivity index (χ2v) is 5.80. The van der Waals surface area contributed by atoms with Crippen LogP contribution >= 0.6 is 11.6 Å². The molecule has 0 heterocycles. The largest absolute Gasteiger partial charge is 1.00 e. The van der Waals surface area contributed by atoms with Gasteiger partial charge >= 0.3 is 0 Å². The molecule has 0 spiro atoms. The first kappa shape index (κ1) is 13.2. The highest BCUT2D eigenvalue weighted by atomic mass is 35.5. The molecule has 1 aromatic rings.